The SMILES string of the molecule is CC(=O)/C(=C\c1ccc(Cl)c(Cl)c1)C(=O)N1CCN(c2ccc(F)cc2)CC1. The summed E-state index contributed by atoms with van der Waals surface area (Å²) >= 11 is 11.9. The average Bonchev–Trinajstić information content (AvgIpc) is 2.69. The molecule has 0 bridgehead atoms. The van der Waals surface area contributed by atoms with Crippen molar-refractivity contribution >= 4 is 46.7 Å². The molecule has 0 saturated carbocycles. The molecule has 1 heterocycles. The Labute approximate surface area is 173 Å². The van der Waals surface area contributed by atoms with Gasteiger partial charge in [0, 0.05) is 31.9 Å². The molecule has 2 aromatic rings. The van der Waals surface area contributed by atoms with Gasteiger partial charge in [0.1, 0.15) is 5.82 Å². The quantitative estimate of drug-likeness (QED) is 0.416. The van der Waals surface area contributed by atoms with Gasteiger partial charge in [-0.2, -0.15) is 0 Å². The van der Waals surface area contributed by atoms with Crippen molar-refractivity contribution in [3.05, 3.63) is 69.5 Å². The van der Waals surface area contributed by atoms with Crippen molar-refractivity contribution in [3.63, 3.8) is 0 Å². The molecule has 0 unspecified atom stereocenters. The van der Waals surface area contributed by atoms with Crippen LogP contribution in [0.5, 0.6) is 0 Å². The van der Waals surface area contributed by atoms with Crippen molar-refractivity contribution in [1.29, 1.82) is 0 Å². The maximum absolute atomic E-state index is 13.1. The van der Waals surface area contributed by atoms with Crippen molar-refractivity contribution in [3.8, 4) is 0 Å². The number of ketones is 1. The lowest BCUT2D eigenvalue weighted by Gasteiger charge is -2.36. The molecule has 0 atom stereocenters. The van der Waals surface area contributed by atoms with Gasteiger partial charge >= 0.3 is 0 Å². The van der Waals surface area contributed by atoms with E-state index in [1.165, 1.54) is 19.1 Å². The van der Waals surface area contributed by atoms with E-state index in [2.05, 4.69) is 4.90 Å². The molecular weight excluding hydrogens is 402 g/mol. The second-order valence-electron chi connectivity index (χ2n) is 6.54. The number of carbonyl (C=O) groups excluding carboxylic acids is 2. The molecule has 1 amide bonds. The molecule has 1 fully saturated rings. The number of anilines is 1. The summed E-state index contributed by atoms with van der Waals surface area (Å²) in [6.45, 7) is 3.53. The Morgan fingerprint density at radius 3 is 2.18 bits per heavy atom. The largest absolute Gasteiger partial charge is 0.368 e. The molecule has 2 aromatic carbocycles. The number of Topliss-reactive ketones (excluding diaryl/α,β-unsaturated/α-hetero) is 1. The van der Waals surface area contributed by atoms with Gasteiger partial charge in [-0.25, -0.2) is 4.39 Å². The van der Waals surface area contributed by atoms with Crippen LogP contribution in [0.2, 0.25) is 10.0 Å². The van der Waals surface area contributed by atoms with E-state index in [9.17, 15) is 14.0 Å². The van der Waals surface area contributed by atoms with E-state index in [4.69, 9.17) is 23.2 Å². The summed E-state index contributed by atoms with van der Waals surface area (Å²) in [5.74, 6) is -0.898. The minimum Gasteiger partial charge on any atom is -0.368 e. The zero-order valence-electron chi connectivity index (χ0n) is 15.3. The summed E-state index contributed by atoms with van der Waals surface area (Å²) in [4.78, 5) is 28.7. The first-order chi connectivity index (χ1) is 13.3. The third-order valence-corrected chi connectivity index (χ3v) is 5.36. The zero-order valence-corrected chi connectivity index (χ0v) is 16.8. The third-order valence-electron chi connectivity index (χ3n) is 4.62. The Morgan fingerprint density at radius 1 is 0.964 bits per heavy atom. The van der Waals surface area contributed by atoms with E-state index in [1.54, 1.807) is 41.3 Å². The molecule has 0 aromatic heterocycles. The van der Waals surface area contributed by atoms with Crippen LogP contribution in [0.15, 0.2) is 48.0 Å². The lowest BCUT2D eigenvalue weighted by molar-refractivity contribution is -0.129. The molecule has 28 heavy (non-hydrogen) atoms. The van der Waals surface area contributed by atoms with E-state index in [-0.39, 0.29) is 23.1 Å². The number of hydrogen-bond acceptors (Lipinski definition) is 3. The molecule has 1 aliphatic heterocycles. The Kier molecular flexibility index (Phi) is 6.37. The minimum atomic E-state index is -0.308. The molecule has 0 spiro atoms. The normalized spacial score (nSPS) is 14.9. The summed E-state index contributed by atoms with van der Waals surface area (Å²) in [6, 6.07) is 11.2. The fourth-order valence-electron chi connectivity index (χ4n) is 3.07. The van der Waals surface area contributed by atoms with E-state index >= 15 is 0 Å². The van der Waals surface area contributed by atoms with Crippen LogP contribution in [0.3, 0.4) is 0 Å². The van der Waals surface area contributed by atoms with Crippen molar-refractivity contribution in [2.24, 2.45) is 0 Å². The fourth-order valence-corrected chi connectivity index (χ4v) is 3.38. The molecule has 3 rings (SSSR count). The number of hydrogen-bond donors (Lipinski definition) is 0. The maximum atomic E-state index is 13.1. The molecule has 0 radical (unpaired) electrons. The fraction of sp³-hybridized carbons (Fsp3) is 0.238. The second-order valence-corrected chi connectivity index (χ2v) is 7.36. The third kappa shape index (κ3) is 4.72. The number of benzene rings is 2. The highest BCUT2D eigenvalue weighted by Gasteiger charge is 2.25. The Balaban J connectivity index is 1.72. The van der Waals surface area contributed by atoms with Gasteiger partial charge in [-0.05, 0) is 55.0 Å². The van der Waals surface area contributed by atoms with Gasteiger partial charge < -0.3 is 9.80 Å². The summed E-state index contributed by atoms with van der Waals surface area (Å²) < 4.78 is 13.1. The van der Waals surface area contributed by atoms with Crippen molar-refractivity contribution < 1.29 is 14.0 Å². The number of halogens is 3. The van der Waals surface area contributed by atoms with Crippen LogP contribution in [0, 0.1) is 5.82 Å². The van der Waals surface area contributed by atoms with Gasteiger partial charge in [-0.1, -0.05) is 29.3 Å². The van der Waals surface area contributed by atoms with E-state index in [0.29, 0.717) is 41.8 Å². The highest BCUT2D eigenvalue weighted by molar-refractivity contribution is 6.42. The van der Waals surface area contributed by atoms with Crippen LogP contribution < -0.4 is 4.90 Å². The van der Waals surface area contributed by atoms with E-state index in [0.717, 1.165) is 5.69 Å². The number of nitrogens with zero attached hydrogens (tertiary/aromatic N) is 2. The lowest BCUT2D eigenvalue weighted by atomic mass is 10.1. The molecule has 146 valence electrons. The van der Waals surface area contributed by atoms with Gasteiger partial charge in [0.2, 0.25) is 0 Å². The predicted octanol–water partition coefficient (Wildman–Crippen LogP) is 4.45. The first-order valence-electron chi connectivity index (χ1n) is 8.82. The molecule has 7 heteroatoms. The van der Waals surface area contributed by atoms with Crippen LogP contribution >= 0.6 is 23.2 Å². The number of rotatable bonds is 4. The van der Waals surface area contributed by atoms with Gasteiger partial charge in [-0.15, -0.1) is 0 Å². The van der Waals surface area contributed by atoms with Gasteiger partial charge in [0.15, 0.2) is 5.78 Å². The minimum absolute atomic E-state index is 0.105. The molecule has 0 aliphatic carbocycles. The van der Waals surface area contributed by atoms with Crippen LogP contribution in [0.1, 0.15) is 12.5 Å². The standard InChI is InChI=1S/C21H19Cl2FN2O2/c1-14(27)18(12-15-2-7-19(22)20(23)13-15)21(28)26-10-8-25(9-11-26)17-5-3-16(24)4-6-17/h2-7,12-13H,8-11H2,1H3/b18-12+. The van der Waals surface area contributed by atoms with Crippen molar-refractivity contribution in [2.45, 2.75) is 6.92 Å². The summed E-state index contributed by atoms with van der Waals surface area (Å²) in [6.07, 6.45) is 1.54. The number of carbonyl (C=O) groups is 2. The monoisotopic (exact) mass is 420 g/mol. The summed E-state index contributed by atoms with van der Waals surface area (Å²) in [7, 11) is 0. The van der Waals surface area contributed by atoms with Gasteiger partial charge in [0.05, 0.1) is 15.6 Å². The lowest BCUT2D eigenvalue weighted by Crippen LogP contribution is -2.49. The molecule has 4 nitrogen and oxygen atoms in total. The average molecular weight is 421 g/mol. The zero-order chi connectivity index (χ0) is 20.3. The van der Waals surface area contributed by atoms with Crippen LogP contribution in [-0.4, -0.2) is 42.8 Å². The summed E-state index contributed by atoms with van der Waals surface area (Å²) in [5, 5.41) is 0.769. The molecule has 1 saturated heterocycles. The highest BCUT2D eigenvalue weighted by atomic mass is 35.5. The first kappa shape index (κ1) is 20.4. The van der Waals surface area contributed by atoms with E-state index < -0.39 is 0 Å². The number of amides is 1. The molecular formula is C21H19Cl2FN2O2. The Hall–Kier alpha value is -2.37. The van der Waals surface area contributed by atoms with Crippen molar-refractivity contribution in [1.82, 2.24) is 4.90 Å². The topological polar surface area (TPSA) is 40.6 Å². The molecule has 1 aliphatic rings. The second kappa shape index (κ2) is 8.76. The highest BCUT2D eigenvalue weighted by Crippen LogP contribution is 2.24. The number of piperazine rings is 1. The van der Waals surface area contributed by atoms with Gasteiger partial charge in [0.25, 0.3) is 5.91 Å². The first-order valence-corrected chi connectivity index (χ1v) is 9.58. The maximum Gasteiger partial charge on any atom is 0.257 e. The van der Waals surface area contributed by atoms with Crippen LogP contribution in [0.25, 0.3) is 6.08 Å². The van der Waals surface area contributed by atoms with Crippen molar-refractivity contribution in [2.75, 3.05) is 31.1 Å². The van der Waals surface area contributed by atoms with E-state index in [1.807, 2.05) is 0 Å². The Morgan fingerprint density at radius 2 is 1.61 bits per heavy atom. The predicted molar refractivity (Wildman–Crippen MR) is 110 cm³/mol. The van der Waals surface area contributed by atoms with Crippen LogP contribution in [-0.2, 0) is 9.59 Å². The van der Waals surface area contributed by atoms with Crippen LogP contribution in [0.4, 0.5) is 10.1 Å². The summed E-state index contributed by atoms with van der Waals surface area (Å²) in [5.41, 5.74) is 1.65. The molecule has 0 N–H and O–H groups in total. The Bertz CT molecular complexity index is 921. The van der Waals surface area contributed by atoms with Gasteiger partial charge in [-0.3, -0.25) is 9.59 Å². The smallest absolute Gasteiger partial charge is 0.257 e.